The van der Waals surface area contributed by atoms with Gasteiger partial charge in [-0.15, -0.1) is 30.3 Å². The van der Waals surface area contributed by atoms with Crippen LogP contribution >= 0.6 is 0 Å². The van der Waals surface area contributed by atoms with Crippen molar-refractivity contribution in [3.05, 3.63) is 30.3 Å². The summed E-state index contributed by atoms with van der Waals surface area (Å²) in [6, 6.07) is 0. The van der Waals surface area contributed by atoms with Gasteiger partial charge >= 0.3 is 0 Å². The molecule has 13 nitrogen and oxygen atoms in total. The van der Waals surface area contributed by atoms with Crippen LogP contribution in [0.5, 0.6) is 0 Å². The van der Waals surface area contributed by atoms with Crippen LogP contribution in [0, 0.1) is 30.3 Å². The molecule has 1 atom stereocenters. The summed E-state index contributed by atoms with van der Waals surface area (Å²) in [5.74, 6) is 0. The molecule has 0 saturated heterocycles. The molecular formula is C4H13N3O10. The first-order valence-corrected chi connectivity index (χ1v) is 3.65. The minimum Gasteiger partial charge on any atom is -0.393 e. The lowest BCUT2D eigenvalue weighted by atomic mass is 10.3. The lowest BCUT2D eigenvalue weighted by Crippen LogP contribution is -1.93. The van der Waals surface area contributed by atoms with Gasteiger partial charge in [-0.05, 0) is 13.3 Å². The molecule has 0 aromatic rings. The van der Waals surface area contributed by atoms with Gasteiger partial charge in [0.2, 0.25) is 0 Å². The Balaban J connectivity index is -0.0000000667. The molecule has 104 valence electrons. The van der Waals surface area contributed by atoms with Gasteiger partial charge in [0.05, 0.1) is 6.10 Å². The highest BCUT2D eigenvalue weighted by Crippen LogP contribution is 1.81. The van der Waals surface area contributed by atoms with E-state index < -0.39 is 15.3 Å². The molecule has 0 spiro atoms. The highest BCUT2D eigenvalue weighted by atomic mass is 16.9. The van der Waals surface area contributed by atoms with E-state index in [1.54, 1.807) is 6.92 Å². The fourth-order valence-corrected chi connectivity index (χ4v) is 0. The van der Waals surface area contributed by atoms with Gasteiger partial charge in [0.25, 0.3) is 15.3 Å². The van der Waals surface area contributed by atoms with Crippen molar-refractivity contribution in [2.24, 2.45) is 0 Å². The third kappa shape index (κ3) is 9360. The van der Waals surface area contributed by atoms with E-state index in [2.05, 4.69) is 0 Å². The Hall–Kier alpha value is -2.44. The van der Waals surface area contributed by atoms with E-state index in [0.717, 1.165) is 6.42 Å². The molecular weight excluding hydrogens is 250 g/mol. The average molecular weight is 263 g/mol. The maximum atomic E-state index is 8.36. The Morgan fingerprint density at radius 1 is 0.941 bits per heavy atom. The van der Waals surface area contributed by atoms with Crippen LogP contribution in [0.4, 0.5) is 0 Å². The highest BCUT2D eigenvalue weighted by Gasteiger charge is 1.81. The zero-order valence-electron chi connectivity index (χ0n) is 8.86. The average Bonchev–Trinajstić information content (AvgIpc) is 2.00. The Morgan fingerprint density at radius 2 is 1.00 bits per heavy atom. The van der Waals surface area contributed by atoms with Crippen LogP contribution in [0.3, 0.4) is 0 Å². The SMILES string of the molecule is CCC(C)O.O=[N+]([O-])O.O=[N+]([O-])O.O=[N+]([O-])O. The summed E-state index contributed by atoms with van der Waals surface area (Å²) in [7, 11) is 0. The van der Waals surface area contributed by atoms with Crippen molar-refractivity contribution in [3.63, 3.8) is 0 Å². The number of hydrogen-bond acceptors (Lipinski definition) is 7. The molecule has 0 saturated carbocycles. The van der Waals surface area contributed by atoms with Crippen molar-refractivity contribution in [1.82, 2.24) is 0 Å². The van der Waals surface area contributed by atoms with Crippen LogP contribution in [0.15, 0.2) is 0 Å². The van der Waals surface area contributed by atoms with Gasteiger partial charge in [-0.1, -0.05) is 6.92 Å². The van der Waals surface area contributed by atoms with Crippen LogP contribution in [0.25, 0.3) is 0 Å². The highest BCUT2D eigenvalue weighted by molar-refractivity contribution is 4.34. The Morgan fingerprint density at radius 3 is 1.00 bits per heavy atom. The molecule has 0 heterocycles. The van der Waals surface area contributed by atoms with Gasteiger partial charge in [-0.3, -0.25) is 0 Å². The standard InChI is InChI=1S/C4H10O.3HNO3/c1-3-4(2)5;3*2-1(3)4/h4-5H,3H2,1-2H3;3*(H,2,3,4). The summed E-state index contributed by atoms with van der Waals surface area (Å²) in [6.45, 7) is 3.73. The monoisotopic (exact) mass is 263 g/mol. The number of hydrogen-bond donors (Lipinski definition) is 4. The predicted molar refractivity (Wildman–Crippen MR) is 48.3 cm³/mol. The Bertz CT molecular complexity index is 165. The van der Waals surface area contributed by atoms with Crippen molar-refractivity contribution < 1.29 is 36.0 Å². The molecule has 0 aliphatic rings. The second-order valence-corrected chi connectivity index (χ2v) is 1.97. The quantitative estimate of drug-likeness (QED) is 0.359. The number of aliphatic hydroxyl groups is 1. The zero-order chi connectivity index (χ0) is 15.0. The molecule has 0 aliphatic heterocycles. The molecule has 0 rings (SSSR count). The minimum absolute atomic E-state index is 0.116. The normalized spacial score (nSPS) is 8.65. The third-order valence-corrected chi connectivity index (χ3v) is 0.591. The zero-order valence-corrected chi connectivity index (χ0v) is 8.86. The molecule has 17 heavy (non-hydrogen) atoms. The molecule has 0 radical (unpaired) electrons. The molecule has 0 bridgehead atoms. The molecule has 0 fully saturated rings. The van der Waals surface area contributed by atoms with Crippen LogP contribution < -0.4 is 0 Å². The Labute approximate surface area is 93.8 Å². The van der Waals surface area contributed by atoms with Crippen molar-refractivity contribution in [1.29, 1.82) is 0 Å². The van der Waals surface area contributed by atoms with E-state index in [0.29, 0.717) is 0 Å². The van der Waals surface area contributed by atoms with Crippen LogP contribution in [-0.4, -0.2) is 42.1 Å². The summed E-state index contributed by atoms with van der Waals surface area (Å²) in [4.78, 5) is 25.1. The van der Waals surface area contributed by atoms with Gasteiger partial charge in [-0.2, -0.15) is 0 Å². The number of nitrogens with zero attached hydrogens (tertiary/aromatic N) is 3. The van der Waals surface area contributed by atoms with Crippen molar-refractivity contribution in [2.45, 2.75) is 26.4 Å². The van der Waals surface area contributed by atoms with Crippen LogP contribution in [0.2, 0.25) is 0 Å². The summed E-state index contributed by atoms with van der Waals surface area (Å²) >= 11 is 0. The second kappa shape index (κ2) is 19.2. The van der Waals surface area contributed by atoms with Crippen LogP contribution in [0.1, 0.15) is 20.3 Å². The lowest BCUT2D eigenvalue weighted by Gasteiger charge is -1.90. The molecule has 0 aromatic heterocycles. The molecule has 1 unspecified atom stereocenters. The van der Waals surface area contributed by atoms with E-state index in [9.17, 15) is 0 Å². The van der Waals surface area contributed by atoms with Gasteiger partial charge in [0.1, 0.15) is 0 Å². The fourth-order valence-electron chi connectivity index (χ4n) is 0. The maximum absolute atomic E-state index is 8.36. The Kier molecular flexibility index (Phi) is 27.1. The smallest absolute Gasteiger partial charge is 0.291 e. The summed E-state index contributed by atoms with van der Waals surface area (Å²) in [6.07, 6.45) is 0.745. The van der Waals surface area contributed by atoms with E-state index in [1.807, 2.05) is 6.92 Å². The van der Waals surface area contributed by atoms with Crippen molar-refractivity contribution >= 4 is 0 Å². The van der Waals surface area contributed by atoms with Gasteiger partial charge < -0.3 is 20.7 Å². The summed E-state index contributed by atoms with van der Waals surface area (Å²) in [5.41, 5.74) is 0. The first-order valence-electron chi connectivity index (χ1n) is 3.65. The van der Waals surface area contributed by atoms with Gasteiger partial charge in [0.15, 0.2) is 0 Å². The largest absolute Gasteiger partial charge is 0.393 e. The molecule has 13 heteroatoms. The summed E-state index contributed by atoms with van der Waals surface area (Å²) in [5, 5.41) is 49.3. The first kappa shape index (κ1) is 24.0. The number of aliphatic hydroxyl groups excluding tert-OH is 1. The first-order chi connectivity index (χ1) is 7.47. The molecule has 0 amide bonds. The van der Waals surface area contributed by atoms with E-state index in [4.69, 9.17) is 51.1 Å². The number of rotatable bonds is 1. The summed E-state index contributed by atoms with van der Waals surface area (Å²) < 4.78 is 0. The van der Waals surface area contributed by atoms with Crippen molar-refractivity contribution in [2.75, 3.05) is 0 Å². The second-order valence-electron chi connectivity index (χ2n) is 1.97. The maximum Gasteiger partial charge on any atom is 0.291 e. The fraction of sp³-hybridized carbons (Fsp3) is 1.00. The van der Waals surface area contributed by atoms with Gasteiger partial charge in [-0.25, -0.2) is 0 Å². The minimum atomic E-state index is -1.50. The third-order valence-electron chi connectivity index (χ3n) is 0.591. The van der Waals surface area contributed by atoms with Crippen LogP contribution in [-0.2, 0) is 0 Å². The van der Waals surface area contributed by atoms with E-state index >= 15 is 0 Å². The van der Waals surface area contributed by atoms with E-state index in [1.165, 1.54) is 0 Å². The predicted octanol–water partition coefficient (Wildman–Crippen LogP) is -0.266. The van der Waals surface area contributed by atoms with E-state index in [-0.39, 0.29) is 6.10 Å². The molecule has 0 aromatic carbocycles. The van der Waals surface area contributed by atoms with Crippen molar-refractivity contribution in [3.8, 4) is 0 Å². The molecule has 0 aliphatic carbocycles. The molecule has 4 N–H and O–H groups in total. The topological polar surface area (TPSA) is 210 Å². The lowest BCUT2D eigenvalue weighted by molar-refractivity contribution is -0.742. The van der Waals surface area contributed by atoms with Gasteiger partial charge in [0, 0.05) is 0 Å².